The van der Waals surface area contributed by atoms with Crippen LogP contribution in [0.2, 0.25) is 0 Å². The van der Waals surface area contributed by atoms with Crippen LogP contribution in [0.4, 0.5) is 0 Å². The van der Waals surface area contributed by atoms with Gasteiger partial charge in [-0.2, -0.15) is 5.10 Å². The number of hydrogen-bond acceptors (Lipinski definition) is 5. The lowest BCUT2D eigenvalue weighted by Gasteiger charge is -2.47. The minimum Gasteiger partial charge on any atom is -0.379 e. The lowest BCUT2D eigenvalue weighted by atomic mass is 9.86. The number of nitrogens with one attached hydrogen (secondary N) is 1. The summed E-state index contributed by atoms with van der Waals surface area (Å²) in [5.41, 5.74) is 2.27. The maximum Gasteiger partial charge on any atom is 0.253 e. The average molecular weight is 386 g/mol. The van der Waals surface area contributed by atoms with Crippen molar-refractivity contribution in [2.75, 3.05) is 26.3 Å². The van der Waals surface area contributed by atoms with Crippen molar-refractivity contribution < 1.29 is 9.53 Å². The number of aryl methyl sites for hydroxylation is 2. The van der Waals surface area contributed by atoms with Crippen LogP contribution in [0.15, 0.2) is 12.3 Å². The van der Waals surface area contributed by atoms with Gasteiger partial charge < -0.3 is 10.1 Å². The molecule has 2 fully saturated rings. The summed E-state index contributed by atoms with van der Waals surface area (Å²) in [7, 11) is 0. The van der Waals surface area contributed by atoms with Gasteiger partial charge in [-0.1, -0.05) is 12.8 Å². The molecule has 1 unspecified atom stereocenters. The maximum absolute atomic E-state index is 13.2. The molecule has 1 saturated heterocycles. The van der Waals surface area contributed by atoms with Crippen molar-refractivity contribution in [1.29, 1.82) is 0 Å². The molecule has 7 nitrogen and oxygen atoms in total. The Balaban J connectivity index is 1.56. The predicted molar refractivity (Wildman–Crippen MR) is 108 cm³/mol. The molecule has 1 amide bonds. The Bertz CT molecular complexity index is 850. The lowest BCUT2D eigenvalue weighted by molar-refractivity contribution is -0.0323. The van der Waals surface area contributed by atoms with Crippen LogP contribution in [0.3, 0.4) is 0 Å². The highest BCUT2D eigenvalue weighted by atomic mass is 16.5. The fraction of sp³-hybridized carbons (Fsp3) is 0.667. The summed E-state index contributed by atoms with van der Waals surface area (Å²) in [6.45, 7) is 10.3. The molecule has 2 aromatic heterocycles. The first kappa shape index (κ1) is 19.3. The third kappa shape index (κ3) is 3.31. The Morgan fingerprint density at radius 3 is 2.71 bits per heavy atom. The first-order valence-corrected chi connectivity index (χ1v) is 10.5. The number of nitrogens with zero attached hydrogens (tertiary/aromatic N) is 4. The molecule has 1 saturated carbocycles. The normalized spacial score (nSPS) is 21.1. The number of rotatable bonds is 5. The third-order valence-electron chi connectivity index (χ3n) is 6.61. The number of morpholine rings is 1. The Morgan fingerprint density at radius 2 is 2.04 bits per heavy atom. The van der Waals surface area contributed by atoms with E-state index >= 15 is 0 Å². The van der Waals surface area contributed by atoms with Gasteiger partial charge in [0.1, 0.15) is 0 Å². The fourth-order valence-electron chi connectivity index (χ4n) is 4.99. The van der Waals surface area contributed by atoms with Gasteiger partial charge >= 0.3 is 0 Å². The molecule has 1 aliphatic carbocycles. The molecule has 1 N–H and O–H groups in total. The Kier molecular flexibility index (Phi) is 5.38. The summed E-state index contributed by atoms with van der Waals surface area (Å²) < 4.78 is 7.42. The van der Waals surface area contributed by atoms with Gasteiger partial charge in [-0.05, 0) is 39.7 Å². The molecular weight excluding hydrogens is 354 g/mol. The SMILES string of the molecule is CCn1ncc2cc(C(=O)NC(C)C3(N4CCOCC4)CCCC3)c(C)nc21. The van der Waals surface area contributed by atoms with E-state index in [9.17, 15) is 4.79 Å². The zero-order valence-corrected chi connectivity index (χ0v) is 17.2. The Morgan fingerprint density at radius 1 is 1.32 bits per heavy atom. The quantitative estimate of drug-likeness (QED) is 0.856. The highest BCUT2D eigenvalue weighted by Gasteiger charge is 2.45. The zero-order chi connectivity index (χ0) is 19.7. The molecule has 0 spiro atoms. The van der Waals surface area contributed by atoms with Gasteiger partial charge in [-0.3, -0.25) is 9.69 Å². The monoisotopic (exact) mass is 385 g/mol. The molecule has 2 aromatic rings. The van der Waals surface area contributed by atoms with Crippen LogP contribution in [0.5, 0.6) is 0 Å². The predicted octanol–water partition coefficient (Wildman–Crippen LogP) is 2.52. The lowest BCUT2D eigenvalue weighted by Crippen LogP contribution is -2.62. The number of fused-ring (bicyclic) bond motifs is 1. The summed E-state index contributed by atoms with van der Waals surface area (Å²) >= 11 is 0. The molecule has 3 heterocycles. The van der Waals surface area contributed by atoms with Crippen LogP contribution in [0, 0.1) is 6.92 Å². The highest BCUT2D eigenvalue weighted by Crippen LogP contribution is 2.38. The van der Waals surface area contributed by atoms with Crippen molar-refractivity contribution >= 4 is 16.9 Å². The van der Waals surface area contributed by atoms with Crippen LogP contribution in [-0.2, 0) is 11.3 Å². The van der Waals surface area contributed by atoms with E-state index in [0.29, 0.717) is 5.56 Å². The van der Waals surface area contributed by atoms with Crippen molar-refractivity contribution in [3.8, 4) is 0 Å². The standard InChI is InChI=1S/C21H31N5O2/c1-4-26-19-17(14-22-26)13-18(15(2)23-19)20(27)24-16(3)21(7-5-6-8-21)25-9-11-28-12-10-25/h13-14,16H,4-12H2,1-3H3,(H,24,27). The number of amides is 1. The second kappa shape index (κ2) is 7.79. The summed E-state index contributed by atoms with van der Waals surface area (Å²) in [5, 5.41) is 8.58. The van der Waals surface area contributed by atoms with E-state index in [1.165, 1.54) is 12.8 Å². The minimum absolute atomic E-state index is 0.0387. The van der Waals surface area contributed by atoms with Gasteiger partial charge in [-0.25, -0.2) is 9.67 Å². The first-order valence-electron chi connectivity index (χ1n) is 10.5. The van der Waals surface area contributed by atoms with E-state index < -0.39 is 0 Å². The largest absolute Gasteiger partial charge is 0.379 e. The summed E-state index contributed by atoms with van der Waals surface area (Å²) in [6, 6.07) is 2.00. The van der Waals surface area contributed by atoms with Crippen molar-refractivity contribution in [3.63, 3.8) is 0 Å². The number of carbonyl (C=O) groups is 1. The van der Waals surface area contributed by atoms with Crippen LogP contribution >= 0.6 is 0 Å². The number of hydrogen-bond donors (Lipinski definition) is 1. The molecule has 28 heavy (non-hydrogen) atoms. The van der Waals surface area contributed by atoms with Gasteiger partial charge in [0, 0.05) is 36.6 Å². The number of carbonyl (C=O) groups excluding carboxylic acids is 1. The van der Waals surface area contributed by atoms with E-state index in [1.54, 1.807) is 6.20 Å². The van der Waals surface area contributed by atoms with E-state index in [2.05, 4.69) is 27.2 Å². The second-order valence-electron chi connectivity index (χ2n) is 8.10. The van der Waals surface area contributed by atoms with E-state index in [4.69, 9.17) is 4.74 Å². The molecule has 0 bridgehead atoms. The topological polar surface area (TPSA) is 72.3 Å². The summed E-state index contributed by atoms with van der Waals surface area (Å²) in [5.74, 6) is -0.0387. The number of aromatic nitrogens is 3. The van der Waals surface area contributed by atoms with Crippen molar-refractivity contribution in [1.82, 2.24) is 25.0 Å². The van der Waals surface area contributed by atoms with Crippen molar-refractivity contribution in [3.05, 3.63) is 23.5 Å². The maximum atomic E-state index is 13.2. The van der Waals surface area contributed by atoms with Crippen molar-refractivity contribution in [2.45, 2.75) is 64.6 Å². The minimum atomic E-state index is -0.0387. The van der Waals surface area contributed by atoms with Crippen molar-refractivity contribution in [2.24, 2.45) is 0 Å². The molecular formula is C21H31N5O2. The molecule has 4 rings (SSSR count). The Hall–Kier alpha value is -1.99. The number of pyridine rings is 1. The van der Waals surface area contributed by atoms with Crippen LogP contribution in [0.1, 0.15) is 55.6 Å². The molecule has 0 aromatic carbocycles. The van der Waals surface area contributed by atoms with Gasteiger partial charge in [0.25, 0.3) is 5.91 Å². The smallest absolute Gasteiger partial charge is 0.253 e. The van der Waals surface area contributed by atoms with Gasteiger partial charge in [-0.15, -0.1) is 0 Å². The Labute approximate surface area is 166 Å². The van der Waals surface area contributed by atoms with Crippen LogP contribution in [0.25, 0.3) is 11.0 Å². The molecule has 1 atom stereocenters. The van der Waals surface area contributed by atoms with Gasteiger partial charge in [0.2, 0.25) is 0 Å². The second-order valence-corrected chi connectivity index (χ2v) is 8.10. The van der Waals surface area contributed by atoms with Gasteiger partial charge in [0.05, 0.1) is 30.7 Å². The average Bonchev–Trinajstić information content (AvgIpc) is 3.35. The highest BCUT2D eigenvalue weighted by molar-refractivity contribution is 5.98. The summed E-state index contributed by atoms with van der Waals surface area (Å²) in [6.07, 6.45) is 6.50. The zero-order valence-electron chi connectivity index (χ0n) is 17.2. The van der Waals surface area contributed by atoms with Gasteiger partial charge in [0.15, 0.2) is 5.65 Å². The van der Waals surface area contributed by atoms with E-state index in [0.717, 1.165) is 62.4 Å². The van der Waals surface area contributed by atoms with E-state index in [1.807, 2.05) is 24.6 Å². The molecule has 0 radical (unpaired) electrons. The first-order chi connectivity index (χ1) is 13.5. The van der Waals surface area contributed by atoms with E-state index in [-0.39, 0.29) is 17.5 Å². The molecule has 1 aliphatic heterocycles. The fourth-order valence-corrected chi connectivity index (χ4v) is 4.99. The third-order valence-corrected chi connectivity index (χ3v) is 6.61. The molecule has 7 heteroatoms. The van der Waals surface area contributed by atoms with Crippen LogP contribution in [-0.4, -0.2) is 63.5 Å². The van der Waals surface area contributed by atoms with Crippen LogP contribution < -0.4 is 5.32 Å². The number of ether oxygens (including phenoxy) is 1. The summed E-state index contributed by atoms with van der Waals surface area (Å²) in [4.78, 5) is 20.4. The molecule has 152 valence electrons. The molecule has 2 aliphatic rings.